The third-order valence-corrected chi connectivity index (χ3v) is 7.20. The van der Waals surface area contributed by atoms with Gasteiger partial charge in [0.25, 0.3) is 17.7 Å². The maximum Gasteiger partial charge on any atom is 0.265 e. The molecule has 0 fully saturated rings. The van der Waals surface area contributed by atoms with Crippen LogP contribution < -0.4 is 10.1 Å². The van der Waals surface area contributed by atoms with Gasteiger partial charge in [-0.15, -0.1) is 11.3 Å². The van der Waals surface area contributed by atoms with E-state index in [1.807, 2.05) is 18.2 Å². The quantitative estimate of drug-likeness (QED) is 0.269. The Morgan fingerprint density at radius 1 is 1.05 bits per heavy atom. The van der Waals surface area contributed by atoms with Crippen molar-refractivity contribution in [1.29, 1.82) is 0 Å². The van der Waals surface area contributed by atoms with Crippen LogP contribution in [0.5, 0.6) is 5.75 Å². The Morgan fingerprint density at radius 2 is 1.92 bits per heavy atom. The number of H-pyrrole nitrogens is 1. The molecule has 1 aliphatic heterocycles. The van der Waals surface area contributed by atoms with E-state index in [0.717, 1.165) is 21.8 Å². The van der Waals surface area contributed by atoms with E-state index in [1.165, 1.54) is 0 Å². The third-order valence-electron chi connectivity index (χ3n) is 5.97. The van der Waals surface area contributed by atoms with Crippen molar-refractivity contribution in [3.05, 3.63) is 105 Å². The van der Waals surface area contributed by atoms with E-state index in [2.05, 4.69) is 20.3 Å². The zero-order valence-corrected chi connectivity index (χ0v) is 21.2. The van der Waals surface area contributed by atoms with Gasteiger partial charge in [0, 0.05) is 6.20 Å². The van der Waals surface area contributed by atoms with Crippen molar-refractivity contribution < 1.29 is 19.1 Å². The van der Waals surface area contributed by atoms with Gasteiger partial charge in [0.1, 0.15) is 18.2 Å². The molecule has 0 saturated heterocycles. The van der Waals surface area contributed by atoms with Gasteiger partial charge in [-0.3, -0.25) is 19.3 Å². The molecule has 0 spiro atoms. The molecule has 0 saturated carbocycles. The number of nitrogens with one attached hydrogen (secondary N) is 2. The fourth-order valence-electron chi connectivity index (χ4n) is 4.23. The predicted octanol–water partition coefficient (Wildman–Crippen LogP) is 5.30. The number of hydrogen-bond acceptors (Lipinski definition) is 7. The summed E-state index contributed by atoms with van der Waals surface area (Å²) in [5.41, 5.74) is 2.82. The highest BCUT2D eigenvalue weighted by Crippen LogP contribution is 2.32. The van der Waals surface area contributed by atoms with Crippen LogP contribution in [0.4, 0.5) is 5.69 Å². The molecule has 2 aromatic carbocycles. The number of nitrogens with zero attached hydrogens (tertiary/aromatic N) is 3. The first-order valence-electron chi connectivity index (χ1n) is 11.5. The van der Waals surface area contributed by atoms with Gasteiger partial charge in [0.2, 0.25) is 0 Å². The van der Waals surface area contributed by atoms with Gasteiger partial charge in [0.05, 0.1) is 38.1 Å². The summed E-state index contributed by atoms with van der Waals surface area (Å²) in [6.07, 6.45) is 1.67. The van der Waals surface area contributed by atoms with E-state index >= 15 is 0 Å². The largest absolute Gasteiger partial charge is 0.486 e. The number of aromatic nitrogens is 3. The first kappa shape index (κ1) is 23.8. The molecule has 38 heavy (non-hydrogen) atoms. The highest BCUT2D eigenvalue weighted by atomic mass is 35.5. The SMILES string of the molecule is O=C(Nc1cccc2c1C(=O)N(Cc1cccc(OCc3nc4ncccc4[nH]3)c1)C2=O)c1ccc(Cl)s1. The second kappa shape index (κ2) is 9.73. The van der Waals surface area contributed by atoms with E-state index in [-0.39, 0.29) is 30.0 Å². The molecule has 1 aliphatic rings. The molecule has 0 radical (unpaired) electrons. The number of rotatable bonds is 7. The number of thiophene rings is 1. The van der Waals surface area contributed by atoms with Gasteiger partial charge in [-0.05, 0) is 54.1 Å². The van der Waals surface area contributed by atoms with Gasteiger partial charge in [-0.25, -0.2) is 9.97 Å². The van der Waals surface area contributed by atoms with Gasteiger partial charge >= 0.3 is 0 Å². The van der Waals surface area contributed by atoms with Gasteiger partial charge in [-0.1, -0.05) is 29.8 Å². The number of amides is 3. The third kappa shape index (κ3) is 4.51. The standard InChI is InChI=1S/C27H18ClN5O4S/c28-21-10-9-20(38-21)25(34)31-18-7-2-6-17-23(18)27(36)33(26(17)35)13-15-4-1-5-16(12-15)37-14-22-30-19-8-3-11-29-24(19)32-22/h1-12H,13-14H2,(H,31,34)(H,29,30,32). The number of aromatic amines is 1. The summed E-state index contributed by atoms with van der Waals surface area (Å²) in [6.45, 7) is 0.247. The average molecular weight is 544 g/mol. The van der Waals surface area contributed by atoms with E-state index in [9.17, 15) is 14.4 Å². The van der Waals surface area contributed by atoms with E-state index in [1.54, 1.807) is 54.7 Å². The Bertz CT molecular complexity index is 1700. The highest BCUT2D eigenvalue weighted by molar-refractivity contribution is 7.18. The van der Waals surface area contributed by atoms with Crippen LogP contribution in [0.3, 0.4) is 0 Å². The second-order valence-corrected chi connectivity index (χ2v) is 10.2. The van der Waals surface area contributed by atoms with Crippen molar-refractivity contribution in [3.63, 3.8) is 0 Å². The van der Waals surface area contributed by atoms with Crippen LogP contribution in [-0.4, -0.2) is 37.6 Å². The van der Waals surface area contributed by atoms with Crippen molar-refractivity contribution in [3.8, 4) is 5.75 Å². The molecular weight excluding hydrogens is 526 g/mol. The lowest BCUT2D eigenvalue weighted by molar-refractivity contribution is 0.0642. The molecule has 3 amide bonds. The number of halogens is 1. The number of ether oxygens (including phenoxy) is 1. The normalized spacial score (nSPS) is 12.7. The van der Waals surface area contributed by atoms with Crippen LogP contribution in [0.15, 0.2) is 72.9 Å². The molecule has 9 nitrogen and oxygen atoms in total. The molecule has 6 rings (SSSR count). The fourth-order valence-corrected chi connectivity index (χ4v) is 5.17. The van der Waals surface area contributed by atoms with Crippen molar-refractivity contribution in [2.75, 3.05) is 5.32 Å². The molecule has 5 aromatic rings. The van der Waals surface area contributed by atoms with Crippen molar-refractivity contribution in [1.82, 2.24) is 19.9 Å². The Labute approximate surface area is 225 Å². The van der Waals surface area contributed by atoms with Crippen LogP contribution >= 0.6 is 22.9 Å². The topological polar surface area (TPSA) is 117 Å². The Kier molecular flexibility index (Phi) is 6.10. The number of carbonyl (C=O) groups excluding carboxylic acids is 3. The lowest BCUT2D eigenvalue weighted by Crippen LogP contribution is -2.29. The van der Waals surface area contributed by atoms with E-state index < -0.39 is 17.7 Å². The number of anilines is 1. The zero-order valence-electron chi connectivity index (χ0n) is 19.6. The molecule has 0 atom stereocenters. The molecule has 3 aromatic heterocycles. The van der Waals surface area contributed by atoms with Crippen LogP contribution in [0.25, 0.3) is 11.2 Å². The van der Waals surface area contributed by atoms with Crippen LogP contribution in [0.2, 0.25) is 4.34 Å². The lowest BCUT2D eigenvalue weighted by atomic mass is 10.1. The minimum atomic E-state index is -0.480. The highest BCUT2D eigenvalue weighted by Gasteiger charge is 2.37. The summed E-state index contributed by atoms with van der Waals surface area (Å²) in [5, 5.41) is 2.74. The summed E-state index contributed by atoms with van der Waals surface area (Å²) in [6, 6.07) is 18.9. The summed E-state index contributed by atoms with van der Waals surface area (Å²) in [5.74, 6) is -0.120. The summed E-state index contributed by atoms with van der Waals surface area (Å²) >= 11 is 7.06. The number of carbonyl (C=O) groups is 3. The molecule has 11 heteroatoms. The Balaban J connectivity index is 1.17. The number of benzene rings is 2. The molecule has 0 bridgehead atoms. The van der Waals surface area contributed by atoms with Crippen LogP contribution in [0.1, 0.15) is 41.8 Å². The fraction of sp³-hybridized carbons (Fsp3) is 0.0741. The van der Waals surface area contributed by atoms with Gasteiger partial charge in [-0.2, -0.15) is 0 Å². The van der Waals surface area contributed by atoms with E-state index in [4.69, 9.17) is 16.3 Å². The number of pyridine rings is 1. The molecule has 2 N–H and O–H groups in total. The van der Waals surface area contributed by atoms with Crippen LogP contribution in [-0.2, 0) is 13.2 Å². The molecule has 0 unspecified atom stereocenters. The average Bonchev–Trinajstić information content (AvgIpc) is 3.61. The Hall–Kier alpha value is -4.54. The van der Waals surface area contributed by atoms with Crippen molar-refractivity contribution in [2.24, 2.45) is 0 Å². The molecule has 0 aliphatic carbocycles. The maximum absolute atomic E-state index is 13.3. The zero-order chi connectivity index (χ0) is 26.2. The smallest absolute Gasteiger partial charge is 0.265 e. The number of imide groups is 1. The maximum atomic E-state index is 13.3. The van der Waals surface area contributed by atoms with Gasteiger partial charge in [0.15, 0.2) is 5.65 Å². The van der Waals surface area contributed by atoms with E-state index in [0.29, 0.717) is 32.0 Å². The molecule has 188 valence electrons. The van der Waals surface area contributed by atoms with Crippen LogP contribution in [0, 0.1) is 0 Å². The monoisotopic (exact) mass is 543 g/mol. The van der Waals surface area contributed by atoms with Crippen molar-refractivity contribution in [2.45, 2.75) is 13.2 Å². The Morgan fingerprint density at radius 3 is 2.74 bits per heavy atom. The second-order valence-electron chi connectivity index (χ2n) is 8.48. The number of fused-ring (bicyclic) bond motifs is 2. The first-order valence-corrected chi connectivity index (χ1v) is 12.7. The minimum Gasteiger partial charge on any atom is -0.486 e. The number of imidazole rings is 1. The summed E-state index contributed by atoms with van der Waals surface area (Å²) in [7, 11) is 0. The summed E-state index contributed by atoms with van der Waals surface area (Å²) in [4.78, 5) is 52.4. The van der Waals surface area contributed by atoms with Gasteiger partial charge < -0.3 is 15.0 Å². The minimum absolute atomic E-state index is 0.0476. The van der Waals surface area contributed by atoms with Crippen molar-refractivity contribution >= 4 is 57.5 Å². The number of hydrogen-bond donors (Lipinski definition) is 2. The summed E-state index contributed by atoms with van der Waals surface area (Å²) < 4.78 is 6.36. The molecule has 4 heterocycles. The first-order chi connectivity index (χ1) is 18.5. The lowest BCUT2D eigenvalue weighted by Gasteiger charge is -2.15. The molecular formula is C27H18ClN5O4S. The predicted molar refractivity (Wildman–Crippen MR) is 143 cm³/mol.